The number of nitrogens with zero attached hydrogens (tertiary/aromatic N) is 3. The second kappa shape index (κ2) is 13.5. The highest BCUT2D eigenvalue weighted by molar-refractivity contribution is 6.27. The monoisotopic (exact) mass is 734 g/mol. The van der Waals surface area contributed by atoms with Crippen LogP contribution in [0.1, 0.15) is 29.0 Å². The van der Waals surface area contributed by atoms with Gasteiger partial charge in [-0.25, -0.2) is 4.99 Å². The standard InChI is InChI=1S/C52H38N4O/c1-55-51(37-19-6-3-7-20-37)53-50(36-17-4-2-5-18-36)54-52(55)44-25-14-26-46-49(44)48-43-24-13-12-23-42(43)45(33-47(48)57-46)56(40-29-27-34-15-8-10-21-38(34)31-40)41-30-28-35-16-9-11-22-39(35)32-41/h2-33,50-51,53H,1H3. The maximum atomic E-state index is 6.94. The van der Waals surface area contributed by atoms with E-state index >= 15 is 0 Å². The zero-order valence-corrected chi connectivity index (χ0v) is 31.4. The summed E-state index contributed by atoms with van der Waals surface area (Å²) in [7, 11) is 2.13. The fourth-order valence-electron chi connectivity index (χ4n) is 8.75. The highest BCUT2D eigenvalue weighted by Crippen LogP contribution is 2.46. The quantitative estimate of drug-likeness (QED) is 0.185. The lowest BCUT2D eigenvalue weighted by atomic mass is 9.97. The Bertz CT molecular complexity index is 3070. The summed E-state index contributed by atoms with van der Waals surface area (Å²) < 4.78 is 6.94. The Labute approximate surface area is 330 Å². The SMILES string of the molecule is CN1C(c2cccc3oc4cc(N(c5ccc6ccccc6c5)c5ccc6ccccc6c5)c5ccccc5c4c23)=NC(c2ccccc2)NC1c1ccccc1. The second-order valence-electron chi connectivity index (χ2n) is 14.9. The summed E-state index contributed by atoms with van der Waals surface area (Å²) in [5.74, 6) is 0.909. The number of nitrogens with one attached hydrogen (secondary N) is 1. The molecule has 0 bridgehead atoms. The van der Waals surface area contributed by atoms with E-state index in [1.54, 1.807) is 0 Å². The van der Waals surface area contributed by atoms with Crippen LogP contribution in [0.15, 0.2) is 204 Å². The van der Waals surface area contributed by atoms with Gasteiger partial charge in [-0.2, -0.15) is 0 Å². The fraction of sp³-hybridized carbons (Fsp3) is 0.0577. The topological polar surface area (TPSA) is 44.0 Å². The lowest BCUT2D eigenvalue weighted by molar-refractivity contribution is 0.257. The average Bonchev–Trinajstić information content (AvgIpc) is 3.66. The molecule has 1 aliphatic heterocycles. The Morgan fingerprint density at radius 3 is 1.75 bits per heavy atom. The highest BCUT2D eigenvalue weighted by atomic mass is 16.3. The number of amidine groups is 1. The van der Waals surface area contributed by atoms with E-state index in [4.69, 9.17) is 9.41 Å². The van der Waals surface area contributed by atoms with Crippen molar-refractivity contribution in [1.29, 1.82) is 0 Å². The Balaban J connectivity index is 1.15. The molecule has 10 aromatic rings. The van der Waals surface area contributed by atoms with Crippen LogP contribution in [0.2, 0.25) is 0 Å². The van der Waals surface area contributed by atoms with E-state index < -0.39 is 0 Å². The van der Waals surface area contributed by atoms with Gasteiger partial charge >= 0.3 is 0 Å². The molecule has 0 amide bonds. The molecule has 9 aromatic carbocycles. The molecule has 5 nitrogen and oxygen atoms in total. The molecule has 272 valence electrons. The maximum absolute atomic E-state index is 6.94. The molecule has 5 heteroatoms. The van der Waals surface area contributed by atoms with Crippen LogP contribution < -0.4 is 10.2 Å². The summed E-state index contributed by atoms with van der Waals surface area (Å²) in [5.41, 5.74) is 8.19. The van der Waals surface area contributed by atoms with E-state index in [0.29, 0.717) is 0 Å². The van der Waals surface area contributed by atoms with Crippen LogP contribution in [0.5, 0.6) is 0 Å². The minimum atomic E-state index is -0.239. The van der Waals surface area contributed by atoms with Gasteiger partial charge in [0.1, 0.15) is 29.3 Å². The first-order valence-corrected chi connectivity index (χ1v) is 19.5. The molecule has 0 saturated carbocycles. The first-order chi connectivity index (χ1) is 28.2. The van der Waals surface area contributed by atoms with Gasteiger partial charge in [0.2, 0.25) is 0 Å². The number of hydrogen-bond donors (Lipinski definition) is 1. The predicted molar refractivity (Wildman–Crippen MR) is 237 cm³/mol. The molecule has 2 atom stereocenters. The van der Waals surface area contributed by atoms with Gasteiger partial charge in [0.05, 0.1) is 5.69 Å². The fourth-order valence-corrected chi connectivity index (χ4v) is 8.75. The van der Waals surface area contributed by atoms with Crippen molar-refractivity contribution < 1.29 is 4.42 Å². The number of benzene rings is 9. The molecule has 0 fully saturated rings. The van der Waals surface area contributed by atoms with Crippen LogP contribution in [0.25, 0.3) is 54.3 Å². The van der Waals surface area contributed by atoms with Crippen LogP contribution in [0.3, 0.4) is 0 Å². The number of aliphatic imine (C=N–C) groups is 1. The molecule has 1 aromatic heterocycles. The van der Waals surface area contributed by atoms with Crippen LogP contribution in [-0.4, -0.2) is 17.8 Å². The number of hydrogen-bond acceptors (Lipinski definition) is 5. The number of rotatable bonds is 6. The molecular formula is C52H38N4O. The lowest BCUT2D eigenvalue weighted by Crippen LogP contribution is -2.46. The van der Waals surface area contributed by atoms with Crippen molar-refractivity contribution in [2.75, 3.05) is 11.9 Å². The van der Waals surface area contributed by atoms with Crippen molar-refractivity contribution in [2.24, 2.45) is 4.99 Å². The average molecular weight is 735 g/mol. The summed E-state index contributed by atoms with van der Waals surface area (Å²) in [5, 5.41) is 13.0. The Hall–Kier alpha value is -7.21. The van der Waals surface area contributed by atoms with E-state index in [0.717, 1.165) is 66.7 Å². The summed E-state index contributed by atoms with van der Waals surface area (Å²) in [6.07, 6.45) is -0.338. The lowest BCUT2D eigenvalue weighted by Gasteiger charge is -2.39. The zero-order valence-electron chi connectivity index (χ0n) is 31.4. The van der Waals surface area contributed by atoms with Gasteiger partial charge in [-0.05, 0) is 68.4 Å². The zero-order chi connectivity index (χ0) is 37.9. The second-order valence-corrected chi connectivity index (χ2v) is 14.9. The highest BCUT2D eigenvalue weighted by Gasteiger charge is 2.32. The van der Waals surface area contributed by atoms with Crippen molar-refractivity contribution in [2.45, 2.75) is 12.3 Å². The molecule has 57 heavy (non-hydrogen) atoms. The van der Waals surface area contributed by atoms with Gasteiger partial charge in [0.25, 0.3) is 0 Å². The summed E-state index contributed by atoms with van der Waals surface area (Å²) in [6.45, 7) is 0. The molecular weight excluding hydrogens is 697 g/mol. The van der Waals surface area contributed by atoms with Crippen molar-refractivity contribution in [3.8, 4) is 0 Å². The Morgan fingerprint density at radius 2 is 1.09 bits per heavy atom. The Kier molecular flexibility index (Phi) is 7.86. The number of furan rings is 1. The summed E-state index contributed by atoms with van der Waals surface area (Å²) in [4.78, 5) is 10.1. The van der Waals surface area contributed by atoms with Gasteiger partial charge in [0, 0.05) is 46.2 Å². The van der Waals surface area contributed by atoms with Crippen LogP contribution >= 0.6 is 0 Å². The van der Waals surface area contributed by atoms with Gasteiger partial charge in [-0.15, -0.1) is 0 Å². The minimum absolute atomic E-state index is 0.0989. The van der Waals surface area contributed by atoms with Crippen molar-refractivity contribution in [1.82, 2.24) is 10.2 Å². The Morgan fingerprint density at radius 1 is 0.509 bits per heavy atom. The normalized spacial score (nSPS) is 15.8. The molecule has 1 aliphatic rings. The van der Waals surface area contributed by atoms with Gasteiger partial charge < -0.3 is 14.2 Å². The van der Waals surface area contributed by atoms with E-state index in [2.05, 4.69) is 216 Å². The van der Waals surface area contributed by atoms with Gasteiger partial charge in [0.15, 0.2) is 0 Å². The first-order valence-electron chi connectivity index (χ1n) is 19.5. The molecule has 0 aliphatic carbocycles. The van der Waals surface area contributed by atoms with Crippen LogP contribution in [0, 0.1) is 0 Å². The smallest absolute Gasteiger partial charge is 0.138 e. The number of anilines is 3. The van der Waals surface area contributed by atoms with Crippen molar-refractivity contribution >= 4 is 77.2 Å². The molecule has 0 spiro atoms. The van der Waals surface area contributed by atoms with E-state index in [1.165, 1.54) is 27.1 Å². The molecule has 2 unspecified atom stereocenters. The number of fused-ring (bicyclic) bond motifs is 7. The van der Waals surface area contributed by atoms with Crippen LogP contribution in [0.4, 0.5) is 17.1 Å². The molecule has 1 N–H and O–H groups in total. The van der Waals surface area contributed by atoms with E-state index in [9.17, 15) is 0 Å². The molecule has 2 heterocycles. The molecule has 0 radical (unpaired) electrons. The van der Waals surface area contributed by atoms with E-state index in [1.807, 2.05) is 0 Å². The molecule has 11 rings (SSSR count). The predicted octanol–water partition coefficient (Wildman–Crippen LogP) is 13.2. The summed E-state index contributed by atoms with van der Waals surface area (Å²) in [6, 6.07) is 69.0. The third-order valence-electron chi connectivity index (χ3n) is 11.5. The first kappa shape index (κ1) is 33.2. The van der Waals surface area contributed by atoms with Crippen molar-refractivity contribution in [3.05, 3.63) is 211 Å². The van der Waals surface area contributed by atoms with Crippen LogP contribution in [-0.2, 0) is 0 Å². The van der Waals surface area contributed by atoms with Gasteiger partial charge in [-0.3, -0.25) is 5.32 Å². The summed E-state index contributed by atoms with van der Waals surface area (Å²) >= 11 is 0. The van der Waals surface area contributed by atoms with E-state index in [-0.39, 0.29) is 12.3 Å². The third kappa shape index (κ3) is 5.63. The van der Waals surface area contributed by atoms with Gasteiger partial charge in [-0.1, -0.05) is 158 Å². The maximum Gasteiger partial charge on any atom is 0.138 e. The molecule has 0 saturated heterocycles. The largest absolute Gasteiger partial charge is 0.456 e. The third-order valence-corrected chi connectivity index (χ3v) is 11.5. The minimum Gasteiger partial charge on any atom is -0.456 e. The van der Waals surface area contributed by atoms with Crippen molar-refractivity contribution in [3.63, 3.8) is 0 Å².